The van der Waals surface area contributed by atoms with Gasteiger partial charge in [0.1, 0.15) is 0 Å². The SMILES string of the molecule is CC1(C)C(C(=O)O)C12c1ccccc1-c1ccccc12. The van der Waals surface area contributed by atoms with E-state index in [2.05, 4.69) is 38.1 Å². The highest BCUT2D eigenvalue weighted by molar-refractivity contribution is 5.91. The molecule has 0 bridgehead atoms. The molecule has 0 aliphatic heterocycles. The lowest BCUT2D eigenvalue weighted by atomic mass is 9.85. The van der Waals surface area contributed by atoms with Crippen molar-refractivity contribution in [1.29, 1.82) is 0 Å². The number of carboxylic acids is 1. The summed E-state index contributed by atoms with van der Waals surface area (Å²) < 4.78 is 0. The van der Waals surface area contributed by atoms with Crippen molar-refractivity contribution in [2.75, 3.05) is 0 Å². The van der Waals surface area contributed by atoms with Crippen LogP contribution < -0.4 is 0 Å². The van der Waals surface area contributed by atoms with E-state index >= 15 is 0 Å². The molecule has 2 aromatic rings. The Hall–Kier alpha value is -2.09. The second-order valence-electron chi connectivity index (χ2n) is 6.39. The predicted octanol–water partition coefficient (Wildman–Crippen LogP) is 3.69. The van der Waals surface area contributed by atoms with Crippen LogP contribution in [0.5, 0.6) is 0 Å². The van der Waals surface area contributed by atoms with Crippen LogP contribution in [0.1, 0.15) is 25.0 Å². The summed E-state index contributed by atoms with van der Waals surface area (Å²) in [6.07, 6.45) is 0. The van der Waals surface area contributed by atoms with Crippen LogP contribution in [-0.4, -0.2) is 11.1 Å². The number of carboxylic acid groups (broad SMARTS) is 1. The van der Waals surface area contributed by atoms with Crippen LogP contribution in [0.2, 0.25) is 0 Å². The van der Waals surface area contributed by atoms with Crippen LogP contribution in [0.15, 0.2) is 48.5 Å². The summed E-state index contributed by atoms with van der Waals surface area (Å²) in [6.45, 7) is 4.15. The van der Waals surface area contributed by atoms with E-state index in [4.69, 9.17) is 0 Å². The van der Waals surface area contributed by atoms with Gasteiger partial charge < -0.3 is 5.11 Å². The topological polar surface area (TPSA) is 37.3 Å². The lowest BCUT2D eigenvalue weighted by Gasteiger charge is -2.16. The minimum Gasteiger partial charge on any atom is -0.481 e. The fourth-order valence-electron chi connectivity index (χ4n) is 4.53. The molecule has 0 aromatic heterocycles. The first-order chi connectivity index (χ1) is 9.53. The average Bonchev–Trinajstić information content (AvgIpc) is 2.81. The van der Waals surface area contributed by atoms with Crippen molar-refractivity contribution >= 4 is 5.97 Å². The minimum absolute atomic E-state index is 0.248. The van der Waals surface area contributed by atoms with Crippen molar-refractivity contribution in [2.45, 2.75) is 19.3 Å². The van der Waals surface area contributed by atoms with E-state index < -0.39 is 5.97 Å². The fourth-order valence-corrected chi connectivity index (χ4v) is 4.53. The molecule has 1 N–H and O–H groups in total. The monoisotopic (exact) mass is 264 g/mol. The Morgan fingerprint density at radius 1 is 0.950 bits per heavy atom. The van der Waals surface area contributed by atoms with Gasteiger partial charge in [0.05, 0.1) is 5.92 Å². The van der Waals surface area contributed by atoms with E-state index in [0.29, 0.717) is 0 Å². The van der Waals surface area contributed by atoms with Crippen molar-refractivity contribution in [2.24, 2.45) is 11.3 Å². The predicted molar refractivity (Wildman–Crippen MR) is 77.6 cm³/mol. The van der Waals surface area contributed by atoms with Gasteiger partial charge in [-0.2, -0.15) is 0 Å². The first kappa shape index (κ1) is 11.7. The summed E-state index contributed by atoms with van der Waals surface area (Å²) in [7, 11) is 0. The maximum Gasteiger partial charge on any atom is 0.308 e. The molecule has 2 nitrogen and oxygen atoms in total. The van der Waals surface area contributed by atoms with Gasteiger partial charge in [-0.1, -0.05) is 62.4 Å². The summed E-state index contributed by atoms with van der Waals surface area (Å²) in [5.41, 5.74) is 4.14. The Morgan fingerprint density at radius 3 is 1.80 bits per heavy atom. The van der Waals surface area contributed by atoms with Crippen LogP contribution in [0.25, 0.3) is 11.1 Å². The number of hydrogen-bond acceptors (Lipinski definition) is 1. The molecule has 1 unspecified atom stereocenters. The van der Waals surface area contributed by atoms with E-state index in [1.54, 1.807) is 0 Å². The van der Waals surface area contributed by atoms with Gasteiger partial charge in [0.15, 0.2) is 0 Å². The molecule has 20 heavy (non-hydrogen) atoms. The standard InChI is InChI=1S/C18H16O2/c1-17(2)15(16(19)20)18(17)13-9-5-3-7-11(13)12-8-4-6-10-14(12)18/h3-10,15H,1-2H3,(H,19,20). The maximum atomic E-state index is 11.8. The van der Waals surface area contributed by atoms with Crippen LogP contribution in [0.3, 0.4) is 0 Å². The Balaban J connectivity index is 2.10. The van der Waals surface area contributed by atoms with Gasteiger partial charge in [-0.05, 0) is 27.7 Å². The summed E-state index contributed by atoms with van der Waals surface area (Å²) in [5, 5.41) is 9.67. The van der Waals surface area contributed by atoms with Crippen molar-refractivity contribution in [3.8, 4) is 11.1 Å². The van der Waals surface area contributed by atoms with Crippen LogP contribution in [-0.2, 0) is 10.2 Å². The molecule has 1 saturated carbocycles. The molecule has 2 aliphatic carbocycles. The molecule has 0 heterocycles. The molecule has 1 fully saturated rings. The molecule has 0 saturated heterocycles. The summed E-state index contributed by atoms with van der Waals surface area (Å²) in [5.74, 6) is -1.04. The van der Waals surface area contributed by atoms with Crippen LogP contribution in [0, 0.1) is 11.3 Å². The average molecular weight is 264 g/mol. The van der Waals surface area contributed by atoms with Gasteiger partial charge in [-0.25, -0.2) is 0 Å². The van der Waals surface area contributed by atoms with Gasteiger partial charge in [0, 0.05) is 5.41 Å². The number of rotatable bonds is 1. The highest BCUT2D eigenvalue weighted by Gasteiger charge is 2.78. The zero-order valence-electron chi connectivity index (χ0n) is 11.6. The lowest BCUT2D eigenvalue weighted by molar-refractivity contribution is -0.139. The third-order valence-corrected chi connectivity index (χ3v) is 5.33. The molecule has 2 aliphatic rings. The van der Waals surface area contributed by atoms with Crippen molar-refractivity contribution in [3.05, 3.63) is 59.7 Å². The zero-order valence-corrected chi connectivity index (χ0v) is 11.6. The maximum absolute atomic E-state index is 11.8. The van der Waals surface area contributed by atoms with Crippen molar-refractivity contribution < 1.29 is 9.90 Å². The van der Waals surface area contributed by atoms with E-state index in [0.717, 1.165) is 0 Å². The van der Waals surface area contributed by atoms with Crippen LogP contribution >= 0.6 is 0 Å². The third-order valence-electron chi connectivity index (χ3n) is 5.33. The number of benzene rings is 2. The molecule has 2 heteroatoms. The first-order valence-electron chi connectivity index (χ1n) is 6.95. The molecule has 2 aromatic carbocycles. The molecule has 100 valence electrons. The zero-order chi connectivity index (χ0) is 14.1. The molecular formula is C18H16O2. The highest BCUT2D eigenvalue weighted by atomic mass is 16.4. The molecule has 1 spiro atoms. The molecule has 1 atom stereocenters. The van der Waals surface area contributed by atoms with Gasteiger partial charge in [-0.3, -0.25) is 4.79 Å². The number of hydrogen-bond donors (Lipinski definition) is 1. The van der Waals surface area contributed by atoms with E-state index in [9.17, 15) is 9.90 Å². The summed E-state index contributed by atoms with van der Waals surface area (Å²) >= 11 is 0. The van der Waals surface area contributed by atoms with Gasteiger partial charge in [0.25, 0.3) is 0 Å². The second-order valence-corrected chi connectivity index (χ2v) is 6.39. The van der Waals surface area contributed by atoms with Gasteiger partial charge in [-0.15, -0.1) is 0 Å². The second kappa shape index (κ2) is 3.32. The van der Waals surface area contributed by atoms with E-state index in [1.165, 1.54) is 22.3 Å². The highest BCUT2D eigenvalue weighted by Crippen LogP contribution is 2.76. The van der Waals surface area contributed by atoms with Gasteiger partial charge >= 0.3 is 5.97 Å². The summed E-state index contributed by atoms with van der Waals surface area (Å²) in [6, 6.07) is 16.5. The van der Waals surface area contributed by atoms with E-state index in [-0.39, 0.29) is 16.7 Å². The quantitative estimate of drug-likeness (QED) is 0.852. The van der Waals surface area contributed by atoms with Gasteiger partial charge in [0.2, 0.25) is 0 Å². The van der Waals surface area contributed by atoms with Crippen LogP contribution in [0.4, 0.5) is 0 Å². The Kier molecular flexibility index (Phi) is 1.94. The number of carbonyl (C=O) groups is 1. The molecule has 0 amide bonds. The smallest absolute Gasteiger partial charge is 0.308 e. The van der Waals surface area contributed by atoms with Crippen molar-refractivity contribution in [3.63, 3.8) is 0 Å². The van der Waals surface area contributed by atoms with Crippen molar-refractivity contribution in [1.82, 2.24) is 0 Å². The summed E-state index contributed by atoms with van der Waals surface area (Å²) in [4.78, 5) is 11.8. The Bertz CT molecular complexity index is 697. The molecule has 0 radical (unpaired) electrons. The Labute approximate surface area is 118 Å². The minimum atomic E-state index is -0.693. The number of aliphatic carboxylic acids is 1. The first-order valence-corrected chi connectivity index (χ1v) is 6.95. The lowest BCUT2D eigenvalue weighted by Crippen LogP contribution is -2.15. The fraction of sp³-hybridized carbons (Fsp3) is 0.278. The largest absolute Gasteiger partial charge is 0.481 e. The Morgan fingerprint density at radius 2 is 1.40 bits per heavy atom. The number of fused-ring (bicyclic) bond motifs is 5. The normalized spacial score (nSPS) is 23.2. The molecule has 4 rings (SSSR count). The third kappa shape index (κ3) is 1.02. The van der Waals surface area contributed by atoms with E-state index in [1.807, 2.05) is 24.3 Å². The molecular weight excluding hydrogens is 248 g/mol.